The van der Waals surface area contributed by atoms with Crippen LogP contribution in [0.1, 0.15) is 5.56 Å². The van der Waals surface area contributed by atoms with Crippen LogP contribution < -0.4 is 11.5 Å². The number of anilines is 2. The van der Waals surface area contributed by atoms with Crippen molar-refractivity contribution >= 4 is 11.4 Å². The molecule has 0 amide bonds. The van der Waals surface area contributed by atoms with Crippen LogP contribution in [0.25, 0.3) is 34.2 Å². The number of aryl methyl sites for hydroxylation is 1. The molecule has 200 valence electrons. The number of pyridine rings is 6. The van der Waals surface area contributed by atoms with Crippen molar-refractivity contribution in [3.63, 3.8) is 0 Å². The van der Waals surface area contributed by atoms with Crippen LogP contribution in [0.4, 0.5) is 11.4 Å². The van der Waals surface area contributed by atoms with Crippen molar-refractivity contribution in [2.75, 3.05) is 11.5 Å². The second-order valence-corrected chi connectivity index (χ2v) is 8.27. The summed E-state index contributed by atoms with van der Waals surface area (Å²) in [4.78, 5) is 25.2. The van der Waals surface area contributed by atoms with Gasteiger partial charge in [0.15, 0.2) is 0 Å². The third-order valence-electron chi connectivity index (χ3n) is 5.31. The first kappa shape index (κ1) is 29.7. The molecule has 0 saturated heterocycles. The van der Waals surface area contributed by atoms with Crippen molar-refractivity contribution in [1.29, 1.82) is 0 Å². The summed E-state index contributed by atoms with van der Waals surface area (Å²) in [5, 5.41) is 0. The molecule has 6 heterocycles. The van der Waals surface area contributed by atoms with Gasteiger partial charge in [-0.1, -0.05) is 24.3 Å². The van der Waals surface area contributed by atoms with Crippen LogP contribution in [0.15, 0.2) is 128 Å². The van der Waals surface area contributed by atoms with E-state index in [4.69, 9.17) is 11.5 Å². The molecule has 0 saturated carbocycles. The van der Waals surface area contributed by atoms with Gasteiger partial charge in [-0.15, -0.1) is 0 Å². The molecule has 0 radical (unpaired) electrons. The van der Waals surface area contributed by atoms with E-state index in [9.17, 15) is 0 Å². The molecule has 40 heavy (non-hydrogen) atoms. The minimum Gasteiger partial charge on any atom is -0.397 e. The molecule has 0 unspecified atom stereocenters. The van der Waals surface area contributed by atoms with E-state index in [1.807, 2.05) is 91.9 Å². The van der Waals surface area contributed by atoms with E-state index in [0.29, 0.717) is 11.4 Å². The molecule has 0 aromatic carbocycles. The molecule has 0 atom stereocenters. The second kappa shape index (κ2) is 15.5. The first-order chi connectivity index (χ1) is 19.1. The van der Waals surface area contributed by atoms with E-state index >= 15 is 0 Å². The topological polar surface area (TPSA) is 129 Å². The molecule has 0 spiro atoms. The van der Waals surface area contributed by atoms with Gasteiger partial charge in [-0.25, -0.2) is 0 Å². The first-order valence-corrected chi connectivity index (χ1v) is 12.2. The number of rotatable bonds is 3. The largest absolute Gasteiger partial charge is 0.397 e. The van der Waals surface area contributed by atoms with Crippen LogP contribution in [0.2, 0.25) is 0 Å². The van der Waals surface area contributed by atoms with Gasteiger partial charge in [-0.05, 0) is 79.2 Å². The van der Waals surface area contributed by atoms with Gasteiger partial charge < -0.3 is 11.5 Å². The number of hydrogen-bond donors (Lipinski definition) is 2. The van der Waals surface area contributed by atoms with Crippen molar-refractivity contribution in [2.45, 2.75) is 6.92 Å². The van der Waals surface area contributed by atoms with Crippen molar-refractivity contribution < 1.29 is 19.5 Å². The molecule has 0 bridgehead atoms. The Morgan fingerprint density at radius 1 is 0.450 bits per heavy atom. The van der Waals surface area contributed by atoms with Gasteiger partial charge in [0.1, 0.15) is 0 Å². The average molecular weight is 614 g/mol. The number of nitrogen functional groups attached to an aromatic ring is 2. The van der Waals surface area contributed by atoms with Crippen molar-refractivity contribution in [1.82, 2.24) is 29.9 Å². The Balaban J connectivity index is 0.000000165. The zero-order chi connectivity index (χ0) is 27.3. The van der Waals surface area contributed by atoms with Gasteiger partial charge in [-0.3, -0.25) is 29.9 Å². The van der Waals surface area contributed by atoms with Crippen LogP contribution in [-0.2, 0) is 19.5 Å². The van der Waals surface area contributed by atoms with E-state index in [2.05, 4.69) is 29.9 Å². The monoisotopic (exact) mass is 614 g/mol. The third-order valence-corrected chi connectivity index (χ3v) is 5.31. The normalized spacial score (nSPS) is 9.62. The number of aromatic nitrogens is 6. The summed E-state index contributed by atoms with van der Waals surface area (Å²) in [6, 6.07) is 28.7. The maximum absolute atomic E-state index is 5.63. The quantitative estimate of drug-likeness (QED) is 0.236. The summed E-state index contributed by atoms with van der Waals surface area (Å²) in [7, 11) is 0. The summed E-state index contributed by atoms with van der Waals surface area (Å²) < 4.78 is 0. The van der Waals surface area contributed by atoms with Crippen LogP contribution in [0.5, 0.6) is 0 Å². The van der Waals surface area contributed by atoms with E-state index in [1.54, 1.807) is 43.2 Å². The van der Waals surface area contributed by atoms with Gasteiger partial charge in [-0.2, -0.15) is 0 Å². The maximum atomic E-state index is 5.63. The predicted octanol–water partition coefficient (Wildman–Crippen LogP) is 5.90. The van der Waals surface area contributed by atoms with Crippen LogP contribution in [0.3, 0.4) is 0 Å². The van der Waals surface area contributed by atoms with Gasteiger partial charge in [0, 0.05) is 44.3 Å². The molecule has 4 N–H and O–H groups in total. The first-order valence-electron chi connectivity index (χ1n) is 12.2. The van der Waals surface area contributed by atoms with E-state index < -0.39 is 0 Å². The molecule has 9 heteroatoms. The SMILES string of the molecule is Cc1cc(N)cnc1-c1ccc(N)cn1.[Ru].c1ccc(-c2ccccn2)nc1.c1ccc(-c2ccccn2)nc1. The van der Waals surface area contributed by atoms with Crippen LogP contribution >= 0.6 is 0 Å². The maximum Gasteiger partial charge on any atom is 0.0916 e. The Bertz CT molecular complexity index is 1400. The summed E-state index contributed by atoms with van der Waals surface area (Å²) in [5.74, 6) is 0. The number of nitrogens with zero attached hydrogens (tertiary/aromatic N) is 6. The zero-order valence-electron chi connectivity index (χ0n) is 21.8. The van der Waals surface area contributed by atoms with Crippen LogP contribution in [0, 0.1) is 6.92 Å². The molecule has 6 aromatic rings. The Hall–Kier alpha value is -4.88. The van der Waals surface area contributed by atoms with E-state index in [-0.39, 0.29) is 19.5 Å². The predicted molar refractivity (Wildman–Crippen MR) is 156 cm³/mol. The minimum absolute atomic E-state index is 0. The third kappa shape index (κ3) is 8.86. The van der Waals surface area contributed by atoms with Gasteiger partial charge >= 0.3 is 0 Å². The fraction of sp³-hybridized carbons (Fsp3) is 0.0323. The molecule has 6 aromatic heterocycles. The zero-order valence-corrected chi connectivity index (χ0v) is 23.6. The Morgan fingerprint density at radius 3 is 1.20 bits per heavy atom. The Labute approximate surface area is 246 Å². The molecule has 0 fully saturated rings. The summed E-state index contributed by atoms with van der Waals surface area (Å²) in [5.41, 5.74) is 18.8. The molecule has 8 nitrogen and oxygen atoms in total. The van der Waals surface area contributed by atoms with E-state index in [1.165, 1.54) is 0 Å². The standard InChI is InChI=1S/C11H12N4.2C10H8N2.Ru/c1-7-4-9(13)6-15-11(7)10-3-2-8(12)5-14-10;2*1-3-7-11-9(5-1)10-6-2-4-8-12-10;/h2-6H,12-13H2,1H3;2*1-8H;. The van der Waals surface area contributed by atoms with Crippen molar-refractivity contribution in [3.8, 4) is 34.2 Å². The second-order valence-electron chi connectivity index (χ2n) is 8.27. The Morgan fingerprint density at radius 2 is 0.875 bits per heavy atom. The molecular formula is C31H28N8Ru. The molecule has 0 aliphatic rings. The van der Waals surface area contributed by atoms with Crippen molar-refractivity contribution in [3.05, 3.63) is 134 Å². The smallest absolute Gasteiger partial charge is 0.0916 e. The molecular weight excluding hydrogens is 585 g/mol. The van der Waals surface area contributed by atoms with Crippen LogP contribution in [-0.4, -0.2) is 29.9 Å². The average Bonchev–Trinajstić information content (AvgIpc) is 3.00. The number of nitrogens with two attached hydrogens (primary N) is 2. The molecule has 0 aliphatic carbocycles. The molecule has 0 aliphatic heterocycles. The number of hydrogen-bond acceptors (Lipinski definition) is 8. The van der Waals surface area contributed by atoms with Gasteiger partial charge in [0.25, 0.3) is 0 Å². The Kier molecular flexibility index (Phi) is 11.5. The summed E-state index contributed by atoms with van der Waals surface area (Å²) in [6.45, 7) is 1.96. The van der Waals surface area contributed by atoms with Gasteiger partial charge in [0.05, 0.1) is 57.9 Å². The molecule has 6 rings (SSSR count). The summed E-state index contributed by atoms with van der Waals surface area (Å²) in [6.07, 6.45) is 10.3. The minimum atomic E-state index is 0. The summed E-state index contributed by atoms with van der Waals surface area (Å²) >= 11 is 0. The fourth-order valence-electron chi connectivity index (χ4n) is 3.47. The van der Waals surface area contributed by atoms with Gasteiger partial charge in [0.2, 0.25) is 0 Å². The van der Waals surface area contributed by atoms with Crippen molar-refractivity contribution in [2.24, 2.45) is 0 Å². The fourth-order valence-corrected chi connectivity index (χ4v) is 3.47. The van der Waals surface area contributed by atoms with E-state index in [0.717, 1.165) is 39.7 Å².